The summed E-state index contributed by atoms with van der Waals surface area (Å²) in [6.07, 6.45) is 5.10. The van der Waals surface area contributed by atoms with E-state index in [4.69, 9.17) is 4.74 Å². The number of methoxy groups -OCH3 is 1. The van der Waals surface area contributed by atoms with Gasteiger partial charge in [-0.3, -0.25) is 4.79 Å². The first kappa shape index (κ1) is 13.3. The summed E-state index contributed by atoms with van der Waals surface area (Å²) in [6, 6.07) is 5.61. The Morgan fingerprint density at radius 2 is 2.28 bits per heavy atom. The highest BCUT2D eigenvalue weighted by Gasteiger charge is 2.54. The summed E-state index contributed by atoms with van der Waals surface area (Å²) in [5.74, 6) is -0.237. The fourth-order valence-corrected chi connectivity index (χ4v) is 2.53. The average molecular weight is 310 g/mol. The Kier molecular flexibility index (Phi) is 3.85. The van der Waals surface area contributed by atoms with Crippen LogP contribution in [0.3, 0.4) is 0 Å². The maximum atomic E-state index is 12.1. The van der Waals surface area contributed by atoms with E-state index in [2.05, 4.69) is 27.8 Å². The molecule has 3 nitrogen and oxygen atoms in total. The van der Waals surface area contributed by atoms with E-state index >= 15 is 0 Å². The molecule has 0 amide bonds. The van der Waals surface area contributed by atoms with Gasteiger partial charge >= 0.3 is 5.97 Å². The summed E-state index contributed by atoms with van der Waals surface area (Å²) < 4.78 is 5.67. The Balaban J connectivity index is 2.27. The lowest BCUT2D eigenvalue weighted by Crippen LogP contribution is -2.27. The van der Waals surface area contributed by atoms with E-state index < -0.39 is 5.41 Å². The second kappa shape index (κ2) is 5.22. The molecule has 0 radical (unpaired) electrons. The molecule has 1 heterocycles. The van der Waals surface area contributed by atoms with Crippen LogP contribution in [0.2, 0.25) is 0 Å². The monoisotopic (exact) mass is 309 g/mol. The second-order valence-electron chi connectivity index (χ2n) is 4.42. The number of unbranched alkanes of at least 4 members (excludes halogenated alkanes) is 1. The number of carbonyl (C=O) groups is 1. The van der Waals surface area contributed by atoms with Crippen LogP contribution in [0.1, 0.15) is 31.9 Å². The fraction of sp³-hybridized carbons (Fsp3) is 0.429. The second-order valence-corrected chi connectivity index (χ2v) is 5.23. The molecule has 1 aliphatic rings. The Morgan fingerprint density at radius 1 is 1.50 bits per heavy atom. The van der Waals surface area contributed by atoms with Crippen LogP contribution < -0.4 is 0 Å². The van der Waals surface area contributed by atoms with E-state index in [1.807, 2.05) is 24.3 Å². The number of rotatable bonds is 5. The first-order chi connectivity index (χ1) is 8.65. The highest BCUT2D eigenvalue weighted by molar-refractivity contribution is 9.10. The minimum atomic E-state index is -0.701. The molecule has 4 heteroatoms. The molecule has 18 heavy (non-hydrogen) atoms. The number of esters is 1. The standard InChI is InChI=1S/C14H16BrNO2/c1-3-4-6-10-9-14(10,13(17)18-2)11-7-5-8-12(15)16-11/h5,7-9H,3-4,6H2,1-2H3. The first-order valence-corrected chi connectivity index (χ1v) is 6.88. The molecule has 1 atom stereocenters. The van der Waals surface area contributed by atoms with Crippen molar-refractivity contribution in [3.05, 3.63) is 40.1 Å². The first-order valence-electron chi connectivity index (χ1n) is 6.08. The molecule has 1 aliphatic carbocycles. The highest BCUT2D eigenvalue weighted by Crippen LogP contribution is 2.49. The molecule has 0 fully saturated rings. The van der Waals surface area contributed by atoms with Crippen LogP contribution in [-0.4, -0.2) is 18.1 Å². The van der Waals surface area contributed by atoms with Crippen LogP contribution in [0.5, 0.6) is 0 Å². The van der Waals surface area contributed by atoms with Gasteiger partial charge in [-0.05, 0) is 46.5 Å². The smallest absolute Gasteiger partial charge is 0.326 e. The number of nitrogens with zero attached hydrogens (tertiary/aromatic N) is 1. The Bertz CT molecular complexity index is 498. The number of ether oxygens (including phenoxy) is 1. The van der Waals surface area contributed by atoms with Gasteiger partial charge in [0.15, 0.2) is 0 Å². The number of hydrogen-bond donors (Lipinski definition) is 0. The van der Waals surface area contributed by atoms with Crippen LogP contribution in [0.25, 0.3) is 0 Å². The van der Waals surface area contributed by atoms with Crippen LogP contribution in [0.15, 0.2) is 34.5 Å². The third-order valence-corrected chi connectivity index (χ3v) is 3.68. The van der Waals surface area contributed by atoms with Gasteiger partial charge in [0, 0.05) is 0 Å². The van der Waals surface area contributed by atoms with Crippen molar-refractivity contribution in [3.63, 3.8) is 0 Å². The average Bonchev–Trinajstić information content (AvgIpc) is 3.11. The highest BCUT2D eigenvalue weighted by atomic mass is 79.9. The third kappa shape index (κ3) is 2.21. The van der Waals surface area contributed by atoms with Crippen LogP contribution in [-0.2, 0) is 14.9 Å². The number of hydrogen-bond acceptors (Lipinski definition) is 3. The zero-order chi connectivity index (χ0) is 13.2. The molecule has 0 aliphatic heterocycles. The van der Waals surface area contributed by atoms with Gasteiger partial charge in [0.1, 0.15) is 10.0 Å². The van der Waals surface area contributed by atoms with Gasteiger partial charge in [0.25, 0.3) is 0 Å². The lowest BCUT2D eigenvalue weighted by Gasteiger charge is -2.16. The van der Waals surface area contributed by atoms with Gasteiger partial charge in [0.05, 0.1) is 12.8 Å². The van der Waals surface area contributed by atoms with E-state index in [0.29, 0.717) is 0 Å². The molecule has 0 saturated heterocycles. The predicted octanol–water partition coefficient (Wildman–Crippen LogP) is 3.39. The summed E-state index contributed by atoms with van der Waals surface area (Å²) in [7, 11) is 1.42. The molecule has 1 aromatic heterocycles. The summed E-state index contributed by atoms with van der Waals surface area (Å²) in [6.45, 7) is 2.14. The molecule has 0 N–H and O–H groups in total. The molecule has 1 aromatic rings. The predicted molar refractivity (Wildman–Crippen MR) is 73.2 cm³/mol. The van der Waals surface area contributed by atoms with Gasteiger partial charge in [-0.15, -0.1) is 0 Å². The van der Waals surface area contributed by atoms with E-state index in [1.54, 1.807) is 0 Å². The van der Waals surface area contributed by atoms with Crippen LogP contribution in [0, 0.1) is 0 Å². The number of halogens is 1. The molecule has 0 spiro atoms. The normalized spacial score (nSPS) is 21.4. The molecule has 0 saturated carbocycles. The largest absolute Gasteiger partial charge is 0.468 e. The van der Waals surface area contributed by atoms with Crippen LogP contribution >= 0.6 is 15.9 Å². The molecular weight excluding hydrogens is 294 g/mol. The van der Waals surface area contributed by atoms with Crippen molar-refractivity contribution in [2.24, 2.45) is 0 Å². The molecule has 0 aromatic carbocycles. The van der Waals surface area contributed by atoms with Gasteiger partial charge in [0.2, 0.25) is 0 Å². The van der Waals surface area contributed by atoms with E-state index in [-0.39, 0.29) is 5.97 Å². The van der Waals surface area contributed by atoms with Gasteiger partial charge in [-0.1, -0.05) is 25.5 Å². The Morgan fingerprint density at radius 3 is 2.89 bits per heavy atom. The topological polar surface area (TPSA) is 39.2 Å². The van der Waals surface area contributed by atoms with Crippen molar-refractivity contribution < 1.29 is 9.53 Å². The number of pyridine rings is 1. The van der Waals surface area contributed by atoms with Crippen molar-refractivity contribution in [2.75, 3.05) is 7.11 Å². The van der Waals surface area contributed by atoms with E-state index in [1.165, 1.54) is 7.11 Å². The molecule has 1 unspecified atom stereocenters. The molecular formula is C14H16BrNO2. The van der Waals surface area contributed by atoms with E-state index in [9.17, 15) is 4.79 Å². The van der Waals surface area contributed by atoms with Crippen molar-refractivity contribution in [1.82, 2.24) is 4.98 Å². The minimum absolute atomic E-state index is 0.237. The minimum Gasteiger partial charge on any atom is -0.468 e. The van der Waals surface area contributed by atoms with Crippen molar-refractivity contribution in [3.8, 4) is 0 Å². The van der Waals surface area contributed by atoms with Crippen LogP contribution in [0.4, 0.5) is 0 Å². The fourth-order valence-electron chi connectivity index (χ4n) is 2.18. The quantitative estimate of drug-likeness (QED) is 0.475. The van der Waals surface area contributed by atoms with Crippen molar-refractivity contribution >= 4 is 21.9 Å². The number of carbonyl (C=O) groups excluding carboxylic acids is 1. The summed E-state index contributed by atoms with van der Waals surface area (Å²) in [5.41, 5.74) is 1.17. The lowest BCUT2D eigenvalue weighted by molar-refractivity contribution is -0.143. The Labute approximate surface area is 115 Å². The molecule has 0 bridgehead atoms. The van der Waals surface area contributed by atoms with Gasteiger partial charge in [-0.25, -0.2) is 4.98 Å². The SMILES string of the molecule is CCCCC1=CC1(C(=O)OC)c1cccc(Br)n1. The number of aromatic nitrogens is 1. The Hall–Kier alpha value is -1.16. The third-order valence-electron chi connectivity index (χ3n) is 3.24. The maximum Gasteiger partial charge on any atom is 0.326 e. The zero-order valence-corrected chi connectivity index (χ0v) is 12.2. The molecule has 96 valence electrons. The summed E-state index contributed by atoms with van der Waals surface area (Å²) in [4.78, 5) is 16.5. The van der Waals surface area contributed by atoms with E-state index in [0.717, 1.165) is 35.1 Å². The zero-order valence-electron chi connectivity index (χ0n) is 10.6. The summed E-state index contributed by atoms with van der Waals surface area (Å²) >= 11 is 3.34. The van der Waals surface area contributed by atoms with Gasteiger partial charge < -0.3 is 4.74 Å². The van der Waals surface area contributed by atoms with Crippen molar-refractivity contribution in [1.29, 1.82) is 0 Å². The summed E-state index contributed by atoms with van der Waals surface area (Å²) in [5, 5.41) is 0. The van der Waals surface area contributed by atoms with Crippen molar-refractivity contribution in [2.45, 2.75) is 31.6 Å². The lowest BCUT2D eigenvalue weighted by atomic mass is 9.93. The molecule has 2 rings (SSSR count). The van der Waals surface area contributed by atoms with Gasteiger partial charge in [-0.2, -0.15) is 0 Å². The maximum absolute atomic E-state index is 12.1.